The fourth-order valence-electron chi connectivity index (χ4n) is 5.34. The van der Waals surface area contributed by atoms with Crippen LogP contribution in [0.25, 0.3) is 11.1 Å². The molecule has 1 saturated carbocycles. The predicted molar refractivity (Wildman–Crippen MR) is 129 cm³/mol. The molecule has 1 saturated heterocycles. The van der Waals surface area contributed by atoms with Crippen LogP contribution in [0.1, 0.15) is 94.8 Å². The summed E-state index contributed by atoms with van der Waals surface area (Å²) in [4.78, 5) is 0. The lowest BCUT2D eigenvalue weighted by Gasteiger charge is -2.29. The molecule has 1 aliphatic heterocycles. The third-order valence-electron chi connectivity index (χ3n) is 7.39. The number of hydrogen-bond acceptors (Lipinski definition) is 2. The van der Waals surface area contributed by atoms with E-state index in [0.717, 1.165) is 24.7 Å². The van der Waals surface area contributed by atoms with Crippen LogP contribution in [0.15, 0.2) is 48.5 Å². The van der Waals surface area contributed by atoms with Crippen molar-refractivity contribution in [2.24, 2.45) is 5.92 Å². The third kappa shape index (κ3) is 5.99. The topological polar surface area (TPSA) is 18.5 Å². The molecule has 2 aromatic rings. The van der Waals surface area contributed by atoms with Crippen molar-refractivity contribution in [3.8, 4) is 11.1 Å². The summed E-state index contributed by atoms with van der Waals surface area (Å²) in [5.74, 6) is 1.74. The van der Waals surface area contributed by atoms with Crippen LogP contribution in [0.5, 0.6) is 0 Å². The zero-order chi connectivity index (χ0) is 21.5. The first-order valence-electron chi connectivity index (χ1n) is 12.7. The minimum Gasteiger partial charge on any atom is -0.373 e. The number of rotatable bonds is 8. The lowest BCUT2D eigenvalue weighted by molar-refractivity contribution is -0.137. The normalized spacial score (nSPS) is 26.6. The zero-order valence-corrected chi connectivity index (χ0v) is 19.5. The maximum absolute atomic E-state index is 6.06. The molecule has 0 amide bonds. The van der Waals surface area contributed by atoms with Gasteiger partial charge in [-0.15, -0.1) is 0 Å². The van der Waals surface area contributed by atoms with E-state index < -0.39 is 0 Å². The number of benzene rings is 2. The Morgan fingerprint density at radius 3 is 1.87 bits per heavy atom. The maximum Gasteiger partial charge on any atom is 0.106 e. The van der Waals surface area contributed by atoms with Crippen molar-refractivity contribution < 1.29 is 9.47 Å². The molecule has 0 radical (unpaired) electrons. The first-order chi connectivity index (χ1) is 15.3. The van der Waals surface area contributed by atoms with Crippen LogP contribution < -0.4 is 0 Å². The highest BCUT2D eigenvalue weighted by Crippen LogP contribution is 2.38. The Kier molecular flexibility index (Phi) is 8.21. The lowest BCUT2D eigenvalue weighted by atomic mass is 9.77. The summed E-state index contributed by atoms with van der Waals surface area (Å²) in [6.07, 6.45) is 12.3. The zero-order valence-electron chi connectivity index (χ0n) is 19.5. The molecule has 0 N–H and O–H groups in total. The van der Waals surface area contributed by atoms with Gasteiger partial charge in [0.25, 0.3) is 0 Å². The van der Waals surface area contributed by atoms with E-state index in [1.165, 1.54) is 67.2 Å². The molecule has 1 aliphatic carbocycles. The largest absolute Gasteiger partial charge is 0.373 e. The van der Waals surface area contributed by atoms with Crippen LogP contribution in [-0.4, -0.2) is 19.3 Å². The Bertz CT molecular complexity index is 763. The van der Waals surface area contributed by atoms with Crippen LogP contribution >= 0.6 is 0 Å². The Labute approximate surface area is 189 Å². The van der Waals surface area contributed by atoms with Crippen molar-refractivity contribution in [3.05, 3.63) is 59.7 Å². The van der Waals surface area contributed by atoms with E-state index in [2.05, 4.69) is 62.4 Å². The Hall–Kier alpha value is -1.64. The van der Waals surface area contributed by atoms with Gasteiger partial charge in [-0.2, -0.15) is 0 Å². The van der Waals surface area contributed by atoms with Crippen LogP contribution in [0.4, 0.5) is 0 Å². The maximum atomic E-state index is 6.06. The molecule has 168 valence electrons. The molecular weight excluding hydrogens is 380 g/mol. The quantitative estimate of drug-likeness (QED) is 0.430. The van der Waals surface area contributed by atoms with E-state index in [1.54, 1.807) is 0 Å². The smallest absolute Gasteiger partial charge is 0.106 e. The Balaban J connectivity index is 1.31. The van der Waals surface area contributed by atoms with Crippen molar-refractivity contribution in [3.63, 3.8) is 0 Å². The molecule has 2 nitrogen and oxygen atoms in total. The molecular formula is C29H40O2. The Morgan fingerprint density at radius 1 is 0.677 bits per heavy atom. The fraction of sp³-hybridized carbons (Fsp3) is 0.586. The van der Waals surface area contributed by atoms with Gasteiger partial charge in [0.15, 0.2) is 0 Å². The number of ether oxygens (including phenoxy) is 2. The van der Waals surface area contributed by atoms with Gasteiger partial charge in [-0.1, -0.05) is 88.1 Å². The van der Waals surface area contributed by atoms with Gasteiger partial charge < -0.3 is 9.47 Å². The van der Waals surface area contributed by atoms with Crippen LogP contribution in [-0.2, 0) is 9.47 Å². The SMILES string of the molecule is CCCCC1CCC(c2ccc(-c3ccc([C@@H]4CO[C@@H](CCC)CO4)cc3)cc2)CC1. The predicted octanol–water partition coefficient (Wildman–Crippen LogP) is 8.07. The van der Waals surface area contributed by atoms with Crippen molar-refractivity contribution in [2.75, 3.05) is 13.2 Å². The van der Waals surface area contributed by atoms with Crippen molar-refractivity contribution >= 4 is 0 Å². The standard InChI is InChI=1S/C29H40O2/c1-3-5-7-22-8-10-23(11-9-22)24-12-14-25(15-13-24)26-16-18-27(19-17-26)29-21-30-28(6-4-2)20-31-29/h12-19,22-23,28-29H,3-11,20-21H2,1-2H3/t22?,23?,28-,29-/m0/s1. The second kappa shape index (κ2) is 11.3. The van der Waals surface area contributed by atoms with E-state index in [0.29, 0.717) is 13.2 Å². The molecule has 0 unspecified atom stereocenters. The lowest BCUT2D eigenvalue weighted by Crippen LogP contribution is -2.30. The van der Waals surface area contributed by atoms with Gasteiger partial charge in [-0.3, -0.25) is 0 Å². The highest BCUT2D eigenvalue weighted by Gasteiger charge is 2.23. The summed E-state index contributed by atoms with van der Waals surface area (Å²) in [5, 5.41) is 0. The highest BCUT2D eigenvalue weighted by atomic mass is 16.6. The minimum atomic E-state index is 0.0667. The average Bonchev–Trinajstić information content (AvgIpc) is 2.84. The van der Waals surface area contributed by atoms with E-state index >= 15 is 0 Å². The molecule has 2 aliphatic rings. The third-order valence-corrected chi connectivity index (χ3v) is 7.39. The van der Waals surface area contributed by atoms with Gasteiger partial charge in [-0.05, 0) is 66.2 Å². The van der Waals surface area contributed by atoms with Crippen molar-refractivity contribution in [1.82, 2.24) is 0 Å². The fourth-order valence-corrected chi connectivity index (χ4v) is 5.34. The molecule has 2 aromatic carbocycles. The molecule has 0 bridgehead atoms. The summed E-state index contributed by atoms with van der Waals surface area (Å²) in [6.45, 7) is 5.88. The summed E-state index contributed by atoms with van der Waals surface area (Å²) in [6, 6.07) is 18.2. The van der Waals surface area contributed by atoms with Crippen LogP contribution in [0.2, 0.25) is 0 Å². The van der Waals surface area contributed by atoms with Gasteiger partial charge >= 0.3 is 0 Å². The van der Waals surface area contributed by atoms with Crippen LogP contribution in [0, 0.1) is 5.92 Å². The number of unbranched alkanes of at least 4 members (excludes halogenated alkanes) is 1. The van der Waals surface area contributed by atoms with Crippen LogP contribution in [0.3, 0.4) is 0 Å². The molecule has 4 rings (SSSR count). The van der Waals surface area contributed by atoms with Crippen molar-refractivity contribution in [2.45, 2.75) is 89.8 Å². The van der Waals surface area contributed by atoms with Gasteiger partial charge in [0.05, 0.1) is 19.3 Å². The van der Waals surface area contributed by atoms with Gasteiger partial charge in [-0.25, -0.2) is 0 Å². The first-order valence-corrected chi connectivity index (χ1v) is 12.7. The molecule has 1 heterocycles. The van der Waals surface area contributed by atoms with E-state index in [-0.39, 0.29) is 12.2 Å². The summed E-state index contributed by atoms with van der Waals surface area (Å²) in [5.41, 5.74) is 5.33. The van der Waals surface area contributed by atoms with Crippen molar-refractivity contribution in [1.29, 1.82) is 0 Å². The van der Waals surface area contributed by atoms with Gasteiger partial charge in [0.2, 0.25) is 0 Å². The number of hydrogen-bond donors (Lipinski definition) is 0. The summed E-state index contributed by atoms with van der Waals surface area (Å²) < 4.78 is 12.0. The monoisotopic (exact) mass is 420 g/mol. The van der Waals surface area contributed by atoms with Gasteiger partial charge in [0, 0.05) is 0 Å². The van der Waals surface area contributed by atoms with E-state index in [9.17, 15) is 0 Å². The molecule has 2 heteroatoms. The summed E-state index contributed by atoms with van der Waals surface area (Å²) >= 11 is 0. The molecule has 2 fully saturated rings. The molecule has 2 atom stereocenters. The molecule has 0 aromatic heterocycles. The second-order valence-electron chi connectivity index (χ2n) is 9.67. The van der Waals surface area contributed by atoms with E-state index in [4.69, 9.17) is 9.47 Å². The Morgan fingerprint density at radius 2 is 1.32 bits per heavy atom. The summed E-state index contributed by atoms with van der Waals surface area (Å²) in [7, 11) is 0. The highest BCUT2D eigenvalue weighted by molar-refractivity contribution is 5.64. The molecule has 0 spiro atoms. The van der Waals surface area contributed by atoms with E-state index in [1.807, 2.05) is 0 Å². The van der Waals surface area contributed by atoms with Gasteiger partial charge in [0.1, 0.15) is 6.10 Å². The molecule has 31 heavy (non-hydrogen) atoms. The first kappa shape index (κ1) is 22.6. The second-order valence-corrected chi connectivity index (χ2v) is 9.67. The minimum absolute atomic E-state index is 0.0667. The average molecular weight is 421 g/mol.